The summed E-state index contributed by atoms with van der Waals surface area (Å²) in [4.78, 5) is 25.9. The monoisotopic (exact) mass is 325 g/mol. The van der Waals surface area contributed by atoms with Crippen molar-refractivity contribution in [3.63, 3.8) is 0 Å². The quantitative estimate of drug-likeness (QED) is 0.776. The summed E-state index contributed by atoms with van der Waals surface area (Å²) < 4.78 is 0. The lowest BCUT2D eigenvalue weighted by molar-refractivity contribution is -0.135. The van der Waals surface area contributed by atoms with Gasteiger partial charge in [-0.2, -0.15) is 0 Å². The van der Waals surface area contributed by atoms with Crippen LogP contribution in [-0.2, 0) is 16.1 Å². The average molecular weight is 326 g/mol. The van der Waals surface area contributed by atoms with Crippen molar-refractivity contribution in [2.24, 2.45) is 5.73 Å². The number of benzene rings is 1. The number of hydrogen-bond acceptors (Lipinski definition) is 3. The van der Waals surface area contributed by atoms with E-state index in [4.69, 9.17) is 5.73 Å². The smallest absolute Gasteiger partial charge is 0.242 e. The third kappa shape index (κ3) is 4.71. The highest BCUT2D eigenvalue weighted by molar-refractivity contribution is 5.90. The number of nitrogens with zero attached hydrogens (tertiary/aromatic N) is 1. The number of nitrogens with two attached hydrogens (primary N) is 1. The van der Waals surface area contributed by atoms with E-state index in [-0.39, 0.29) is 30.3 Å². The zero-order valence-electron chi connectivity index (χ0n) is 12.9. The van der Waals surface area contributed by atoms with E-state index in [0.29, 0.717) is 32.5 Å². The minimum Gasteiger partial charge on any atom is -0.354 e. The van der Waals surface area contributed by atoms with Gasteiger partial charge >= 0.3 is 0 Å². The summed E-state index contributed by atoms with van der Waals surface area (Å²) in [6.07, 6.45) is 1.80. The SMILES string of the molecule is Cc1ccc(CN2C(=O)CCC2C(=O)NCCCN)cc1.Cl. The van der Waals surface area contributed by atoms with E-state index in [1.807, 2.05) is 31.2 Å². The molecule has 1 fully saturated rings. The van der Waals surface area contributed by atoms with Crippen molar-refractivity contribution >= 4 is 24.2 Å². The lowest BCUT2D eigenvalue weighted by Gasteiger charge is -2.24. The van der Waals surface area contributed by atoms with Crippen molar-refractivity contribution in [3.05, 3.63) is 35.4 Å². The molecule has 1 aliphatic heterocycles. The van der Waals surface area contributed by atoms with Crippen LogP contribution in [0.5, 0.6) is 0 Å². The van der Waals surface area contributed by atoms with E-state index in [1.165, 1.54) is 5.56 Å². The molecule has 1 saturated heterocycles. The van der Waals surface area contributed by atoms with Gasteiger partial charge in [-0.05, 0) is 31.9 Å². The van der Waals surface area contributed by atoms with Gasteiger partial charge in [0, 0.05) is 19.5 Å². The number of nitrogens with one attached hydrogen (secondary N) is 1. The standard InChI is InChI=1S/C16H23N3O2.ClH/c1-12-3-5-13(6-4-12)11-19-14(7-8-15(19)20)16(21)18-10-2-9-17;/h3-6,14H,2,7-11,17H2,1H3,(H,18,21);1H. The first-order valence-electron chi connectivity index (χ1n) is 7.44. The molecular formula is C16H24ClN3O2. The molecule has 5 nitrogen and oxygen atoms in total. The molecule has 1 unspecified atom stereocenters. The van der Waals surface area contributed by atoms with Gasteiger partial charge in [-0.3, -0.25) is 9.59 Å². The molecule has 1 aromatic rings. The van der Waals surface area contributed by atoms with Crippen LogP contribution in [0.3, 0.4) is 0 Å². The van der Waals surface area contributed by atoms with Gasteiger partial charge in [0.1, 0.15) is 6.04 Å². The molecule has 3 N–H and O–H groups in total. The Kier molecular flexibility index (Phi) is 7.35. The molecule has 1 heterocycles. The first kappa shape index (κ1) is 18.5. The van der Waals surface area contributed by atoms with Gasteiger partial charge < -0.3 is 16.0 Å². The molecule has 122 valence electrons. The van der Waals surface area contributed by atoms with E-state index in [1.54, 1.807) is 4.90 Å². The highest BCUT2D eigenvalue weighted by Gasteiger charge is 2.35. The molecule has 0 aromatic heterocycles. The first-order valence-corrected chi connectivity index (χ1v) is 7.44. The summed E-state index contributed by atoms with van der Waals surface area (Å²) in [7, 11) is 0. The molecule has 0 bridgehead atoms. The molecule has 2 rings (SSSR count). The van der Waals surface area contributed by atoms with Crippen molar-refractivity contribution in [1.82, 2.24) is 10.2 Å². The Morgan fingerprint density at radius 1 is 1.36 bits per heavy atom. The summed E-state index contributed by atoms with van der Waals surface area (Å²) >= 11 is 0. The van der Waals surface area contributed by atoms with E-state index in [0.717, 1.165) is 12.0 Å². The fraction of sp³-hybridized carbons (Fsp3) is 0.500. The van der Waals surface area contributed by atoms with Crippen LogP contribution < -0.4 is 11.1 Å². The highest BCUT2D eigenvalue weighted by atomic mass is 35.5. The number of amides is 2. The number of carbonyl (C=O) groups excluding carboxylic acids is 2. The number of hydrogen-bond donors (Lipinski definition) is 2. The normalized spacial score (nSPS) is 17.3. The van der Waals surface area contributed by atoms with Crippen LogP contribution in [0.15, 0.2) is 24.3 Å². The van der Waals surface area contributed by atoms with Crippen LogP contribution >= 0.6 is 12.4 Å². The Labute approximate surface area is 137 Å². The molecule has 0 aliphatic carbocycles. The van der Waals surface area contributed by atoms with E-state index in [9.17, 15) is 9.59 Å². The molecule has 1 aliphatic rings. The molecule has 2 amide bonds. The van der Waals surface area contributed by atoms with Gasteiger partial charge in [-0.25, -0.2) is 0 Å². The highest BCUT2D eigenvalue weighted by Crippen LogP contribution is 2.21. The van der Waals surface area contributed by atoms with E-state index in [2.05, 4.69) is 5.32 Å². The van der Waals surface area contributed by atoms with Crippen LogP contribution in [0.2, 0.25) is 0 Å². The summed E-state index contributed by atoms with van der Waals surface area (Å²) in [5, 5.41) is 2.86. The van der Waals surface area contributed by atoms with Crippen LogP contribution in [-0.4, -0.2) is 35.8 Å². The Morgan fingerprint density at radius 3 is 2.68 bits per heavy atom. The number of likely N-dealkylation sites (tertiary alicyclic amines) is 1. The maximum atomic E-state index is 12.2. The van der Waals surface area contributed by atoms with Crippen molar-refractivity contribution in [3.8, 4) is 0 Å². The minimum atomic E-state index is -0.350. The van der Waals surface area contributed by atoms with Gasteiger partial charge in [0.05, 0.1) is 0 Å². The number of aryl methyl sites for hydroxylation is 1. The van der Waals surface area contributed by atoms with Gasteiger partial charge in [-0.1, -0.05) is 29.8 Å². The van der Waals surface area contributed by atoms with Crippen LogP contribution in [0.4, 0.5) is 0 Å². The van der Waals surface area contributed by atoms with Crippen molar-refractivity contribution in [2.45, 2.75) is 38.8 Å². The predicted molar refractivity (Wildman–Crippen MR) is 88.7 cm³/mol. The predicted octanol–water partition coefficient (Wildman–Crippen LogP) is 1.37. The van der Waals surface area contributed by atoms with Gasteiger partial charge in [-0.15, -0.1) is 12.4 Å². The van der Waals surface area contributed by atoms with Crippen LogP contribution in [0.1, 0.15) is 30.4 Å². The van der Waals surface area contributed by atoms with Crippen molar-refractivity contribution in [1.29, 1.82) is 0 Å². The average Bonchev–Trinajstić information content (AvgIpc) is 2.83. The largest absolute Gasteiger partial charge is 0.354 e. The van der Waals surface area contributed by atoms with Crippen LogP contribution in [0, 0.1) is 6.92 Å². The molecule has 0 spiro atoms. The van der Waals surface area contributed by atoms with Gasteiger partial charge in [0.25, 0.3) is 0 Å². The number of halogens is 1. The first-order chi connectivity index (χ1) is 10.1. The van der Waals surface area contributed by atoms with E-state index >= 15 is 0 Å². The van der Waals surface area contributed by atoms with E-state index < -0.39 is 0 Å². The summed E-state index contributed by atoms with van der Waals surface area (Å²) in [6.45, 7) is 3.64. The fourth-order valence-corrected chi connectivity index (χ4v) is 2.53. The Hall–Kier alpha value is -1.59. The topological polar surface area (TPSA) is 75.4 Å². The molecule has 0 saturated carbocycles. The minimum absolute atomic E-state index is 0. The maximum Gasteiger partial charge on any atom is 0.242 e. The van der Waals surface area contributed by atoms with Crippen molar-refractivity contribution in [2.75, 3.05) is 13.1 Å². The number of carbonyl (C=O) groups is 2. The lowest BCUT2D eigenvalue weighted by Crippen LogP contribution is -2.44. The molecule has 1 atom stereocenters. The Balaban J connectivity index is 0.00000242. The van der Waals surface area contributed by atoms with Gasteiger partial charge in [0.2, 0.25) is 11.8 Å². The molecule has 6 heteroatoms. The second-order valence-electron chi connectivity index (χ2n) is 5.49. The fourth-order valence-electron chi connectivity index (χ4n) is 2.53. The second kappa shape index (κ2) is 8.76. The lowest BCUT2D eigenvalue weighted by atomic mass is 10.1. The molecule has 0 radical (unpaired) electrons. The molecule has 22 heavy (non-hydrogen) atoms. The third-order valence-electron chi connectivity index (χ3n) is 3.78. The third-order valence-corrected chi connectivity index (χ3v) is 3.78. The zero-order valence-corrected chi connectivity index (χ0v) is 13.7. The Morgan fingerprint density at radius 2 is 2.05 bits per heavy atom. The van der Waals surface area contributed by atoms with Crippen molar-refractivity contribution < 1.29 is 9.59 Å². The van der Waals surface area contributed by atoms with Crippen LogP contribution in [0.25, 0.3) is 0 Å². The Bertz CT molecular complexity index is 505. The molecule has 1 aromatic carbocycles. The summed E-state index contributed by atoms with van der Waals surface area (Å²) in [5.41, 5.74) is 7.65. The summed E-state index contributed by atoms with van der Waals surface area (Å²) in [6, 6.07) is 7.70. The molecular weight excluding hydrogens is 302 g/mol. The summed E-state index contributed by atoms with van der Waals surface area (Å²) in [5.74, 6) is -0.0176. The zero-order chi connectivity index (χ0) is 15.2. The van der Waals surface area contributed by atoms with Gasteiger partial charge in [0.15, 0.2) is 0 Å². The number of rotatable bonds is 6. The second-order valence-corrected chi connectivity index (χ2v) is 5.49. The maximum absolute atomic E-state index is 12.2.